The average molecular weight is 146 g/mol. The fourth-order valence-corrected chi connectivity index (χ4v) is 0.817. The third-order valence-corrected chi connectivity index (χ3v) is 1.37. The van der Waals surface area contributed by atoms with Gasteiger partial charge in [0.25, 0.3) is 0 Å². The second-order valence-corrected chi connectivity index (χ2v) is 2.15. The molecule has 0 aromatic heterocycles. The summed E-state index contributed by atoms with van der Waals surface area (Å²) in [5, 5.41) is 6.80. The Labute approximate surface area is 65.9 Å². The van der Waals surface area contributed by atoms with Gasteiger partial charge in [-0.1, -0.05) is 30.3 Å². The minimum Gasteiger partial charge on any atom is -0.398 e. The lowest BCUT2D eigenvalue weighted by atomic mass is 10.1. The van der Waals surface area contributed by atoms with Gasteiger partial charge in [0.15, 0.2) is 0 Å². The van der Waals surface area contributed by atoms with E-state index in [0.717, 1.165) is 5.56 Å². The highest BCUT2D eigenvalue weighted by atomic mass is 14.6. The lowest BCUT2D eigenvalue weighted by Gasteiger charge is -1.97. The Bertz CT molecular complexity index is 262. The number of hydrogen-bond donors (Lipinski definition) is 2. The van der Waals surface area contributed by atoms with Gasteiger partial charge in [0.2, 0.25) is 0 Å². The first-order valence-corrected chi connectivity index (χ1v) is 3.36. The number of hydrogen-bond acceptors (Lipinski definition) is 2. The van der Waals surface area contributed by atoms with Crippen LogP contribution in [0.15, 0.2) is 36.4 Å². The van der Waals surface area contributed by atoms with Crippen LogP contribution in [0.1, 0.15) is 5.56 Å². The van der Waals surface area contributed by atoms with E-state index < -0.39 is 0 Å². The Balaban J connectivity index is 2.94. The molecule has 11 heavy (non-hydrogen) atoms. The third kappa shape index (κ3) is 1.93. The molecule has 0 saturated carbocycles. The number of allylic oxidation sites excluding steroid dienone is 1. The minimum absolute atomic E-state index is 0.626. The quantitative estimate of drug-likeness (QED) is 0.612. The van der Waals surface area contributed by atoms with Crippen molar-refractivity contribution in [3.05, 3.63) is 42.0 Å². The molecule has 1 rings (SSSR count). The van der Waals surface area contributed by atoms with Crippen LogP contribution in [0.5, 0.6) is 0 Å². The zero-order chi connectivity index (χ0) is 8.10. The number of nitrogens with two attached hydrogens (primary N) is 1. The highest BCUT2D eigenvalue weighted by molar-refractivity contribution is 5.81. The standard InChI is InChI=1S/C9H10N2/c10-7-6-9(11)8-4-2-1-3-5-8/h1-7,10H,11H2/b9-6-,10-7?. The highest BCUT2D eigenvalue weighted by Crippen LogP contribution is 2.05. The van der Waals surface area contributed by atoms with E-state index in [4.69, 9.17) is 11.1 Å². The predicted octanol–water partition coefficient (Wildman–Crippen LogP) is 1.64. The van der Waals surface area contributed by atoms with Crippen molar-refractivity contribution in [2.45, 2.75) is 0 Å². The topological polar surface area (TPSA) is 49.9 Å². The van der Waals surface area contributed by atoms with E-state index in [-0.39, 0.29) is 0 Å². The molecule has 0 fully saturated rings. The smallest absolute Gasteiger partial charge is 0.0402 e. The molecular weight excluding hydrogens is 136 g/mol. The summed E-state index contributed by atoms with van der Waals surface area (Å²) in [5.41, 5.74) is 7.20. The van der Waals surface area contributed by atoms with E-state index in [0.29, 0.717) is 5.70 Å². The van der Waals surface area contributed by atoms with E-state index in [1.54, 1.807) is 6.08 Å². The molecule has 0 unspecified atom stereocenters. The van der Waals surface area contributed by atoms with Gasteiger partial charge >= 0.3 is 0 Å². The van der Waals surface area contributed by atoms with E-state index in [2.05, 4.69) is 0 Å². The van der Waals surface area contributed by atoms with Crippen LogP contribution in [0.2, 0.25) is 0 Å². The molecule has 0 bridgehead atoms. The Morgan fingerprint density at radius 1 is 1.27 bits per heavy atom. The van der Waals surface area contributed by atoms with Crippen LogP contribution in [0.4, 0.5) is 0 Å². The summed E-state index contributed by atoms with van der Waals surface area (Å²) >= 11 is 0. The molecule has 2 nitrogen and oxygen atoms in total. The first-order valence-electron chi connectivity index (χ1n) is 3.36. The minimum atomic E-state index is 0.626. The molecule has 0 atom stereocenters. The second-order valence-electron chi connectivity index (χ2n) is 2.15. The third-order valence-electron chi connectivity index (χ3n) is 1.37. The van der Waals surface area contributed by atoms with Gasteiger partial charge in [0.05, 0.1) is 0 Å². The van der Waals surface area contributed by atoms with Crippen LogP contribution in [0, 0.1) is 5.41 Å². The molecule has 2 heteroatoms. The number of nitrogens with one attached hydrogen (secondary N) is 1. The van der Waals surface area contributed by atoms with Gasteiger partial charge < -0.3 is 11.1 Å². The molecule has 1 aromatic rings. The van der Waals surface area contributed by atoms with E-state index in [9.17, 15) is 0 Å². The first-order chi connectivity index (χ1) is 5.34. The molecule has 0 radical (unpaired) electrons. The van der Waals surface area contributed by atoms with Gasteiger partial charge in [-0.25, -0.2) is 0 Å². The molecular formula is C9H10N2. The number of rotatable bonds is 2. The molecule has 3 N–H and O–H groups in total. The zero-order valence-corrected chi connectivity index (χ0v) is 6.12. The van der Waals surface area contributed by atoms with Gasteiger partial charge in [-0.05, 0) is 11.6 Å². The molecule has 0 spiro atoms. The molecule has 0 heterocycles. The Hall–Kier alpha value is -1.57. The van der Waals surface area contributed by atoms with Crippen molar-refractivity contribution < 1.29 is 0 Å². The maximum atomic E-state index is 6.80. The molecule has 56 valence electrons. The molecule has 0 saturated heterocycles. The summed E-state index contributed by atoms with van der Waals surface area (Å²) in [6.45, 7) is 0. The zero-order valence-electron chi connectivity index (χ0n) is 6.12. The molecule has 0 aliphatic rings. The molecule has 0 amide bonds. The summed E-state index contributed by atoms with van der Waals surface area (Å²) < 4.78 is 0. The SMILES string of the molecule is N=C/C=C(\N)c1ccccc1. The van der Waals surface area contributed by atoms with Crippen LogP contribution < -0.4 is 5.73 Å². The summed E-state index contributed by atoms with van der Waals surface area (Å²) in [5.74, 6) is 0. The van der Waals surface area contributed by atoms with Gasteiger partial charge in [-0.15, -0.1) is 0 Å². The summed E-state index contributed by atoms with van der Waals surface area (Å²) in [7, 11) is 0. The van der Waals surface area contributed by atoms with Crippen molar-refractivity contribution in [3.8, 4) is 0 Å². The maximum Gasteiger partial charge on any atom is 0.0402 e. The van der Waals surface area contributed by atoms with Gasteiger partial charge in [0.1, 0.15) is 0 Å². The van der Waals surface area contributed by atoms with Crippen molar-refractivity contribution >= 4 is 11.9 Å². The van der Waals surface area contributed by atoms with E-state index >= 15 is 0 Å². The van der Waals surface area contributed by atoms with Crippen molar-refractivity contribution in [2.24, 2.45) is 5.73 Å². The number of benzene rings is 1. The van der Waals surface area contributed by atoms with Gasteiger partial charge in [-0.3, -0.25) is 0 Å². The van der Waals surface area contributed by atoms with Gasteiger partial charge in [0, 0.05) is 11.9 Å². The van der Waals surface area contributed by atoms with Crippen LogP contribution >= 0.6 is 0 Å². The lowest BCUT2D eigenvalue weighted by Crippen LogP contribution is -1.95. The van der Waals surface area contributed by atoms with Crippen LogP contribution in [0.3, 0.4) is 0 Å². The highest BCUT2D eigenvalue weighted by Gasteiger charge is 1.90. The summed E-state index contributed by atoms with van der Waals surface area (Å²) in [6.07, 6.45) is 2.75. The van der Waals surface area contributed by atoms with Crippen molar-refractivity contribution in [1.29, 1.82) is 5.41 Å². The molecule has 1 aromatic carbocycles. The molecule has 0 aliphatic heterocycles. The maximum absolute atomic E-state index is 6.80. The molecule has 0 aliphatic carbocycles. The van der Waals surface area contributed by atoms with E-state index in [1.165, 1.54) is 6.21 Å². The Kier molecular flexibility index (Phi) is 2.44. The summed E-state index contributed by atoms with van der Waals surface area (Å²) in [6, 6.07) is 9.59. The Morgan fingerprint density at radius 3 is 2.45 bits per heavy atom. The normalized spacial score (nSPS) is 11.1. The fraction of sp³-hybridized carbons (Fsp3) is 0. The van der Waals surface area contributed by atoms with Crippen LogP contribution in [-0.4, -0.2) is 6.21 Å². The lowest BCUT2D eigenvalue weighted by molar-refractivity contribution is 1.51. The average Bonchev–Trinajstić information content (AvgIpc) is 2.07. The van der Waals surface area contributed by atoms with E-state index in [1.807, 2.05) is 30.3 Å². The largest absolute Gasteiger partial charge is 0.398 e. The van der Waals surface area contributed by atoms with Gasteiger partial charge in [-0.2, -0.15) is 0 Å². The van der Waals surface area contributed by atoms with Crippen molar-refractivity contribution in [1.82, 2.24) is 0 Å². The fourth-order valence-electron chi connectivity index (χ4n) is 0.817. The van der Waals surface area contributed by atoms with Crippen LogP contribution in [0.25, 0.3) is 5.70 Å². The van der Waals surface area contributed by atoms with Crippen LogP contribution in [-0.2, 0) is 0 Å². The monoisotopic (exact) mass is 146 g/mol. The summed E-state index contributed by atoms with van der Waals surface area (Å²) in [4.78, 5) is 0. The van der Waals surface area contributed by atoms with Crippen molar-refractivity contribution in [3.63, 3.8) is 0 Å². The predicted molar refractivity (Wildman–Crippen MR) is 47.4 cm³/mol. The first kappa shape index (κ1) is 7.54. The second kappa shape index (κ2) is 3.56. The Morgan fingerprint density at radius 2 is 1.91 bits per heavy atom. The van der Waals surface area contributed by atoms with Crippen molar-refractivity contribution in [2.75, 3.05) is 0 Å².